The lowest BCUT2D eigenvalue weighted by Gasteiger charge is -2.34. The third-order valence-electron chi connectivity index (χ3n) is 3.29. The second kappa shape index (κ2) is 9.53. The summed E-state index contributed by atoms with van der Waals surface area (Å²) in [4.78, 5) is 23.2. The van der Waals surface area contributed by atoms with Gasteiger partial charge in [0.05, 0.1) is 12.8 Å². The van der Waals surface area contributed by atoms with Gasteiger partial charge in [0.2, 0.25) is 0 Å². The Hall–Kier alpha value is -0.360. The summed E-state index contributed by atoms with van der Waals surface area (Å²) in [5.41, 5.74) is -0.376. The van der Waals surface area contributed by atoms with E-state index in [1.165, 1.54) is 0 Å². The van der Waals surface area contributed by atoms with Gasteiger partial charge in [0.25, 0.3) is 6.29 Å². The molecule has 0 radical (unpaired) electrons. The van der Waals surface area contributed by atoms with E-state index in [9.17, 15) is 9.59 Å². The Labute approximate surface area is 126 Å². The van der Waals surface area contributed by atoms with Crippen molar-refractivity contribution in [2.24, 2.45) is 5.41 Å². The molecule has 0 aromatic carbocycles. The van der Waals surface area contributed by atoms with Gasteiger partial charge in [-0.1, -0.05) is 20.8 Å². The van der Waals surface area contributed by atoms with Crippen LogP contribution in [0.2, 0.25) is 0 Å². The molecule has 0 fully saturated rings. The van der Waals surface area contributed by atoms with Crippen molar-refractivity contribution in [1.82, 2.24) is 0 Å². The van der Waals surface area contributed by atoms with Crippen molar-refractivity contribution in [2.45, 2.75) is 52.7 Å². The van der Waals surface area contributed by atoms with E-state index in [0.717, 1.165) is 12.8 Å². The lowest BCUT2D eigenvalue weighted by molar-refractivity contribution is -0.212. The zero-order chi connectivity index (χ0) is 14.9. The molecule has 112 valence electrons. The summed E-state index contributed by atoms with van der Waals surface area (Å²) in [6.07, 6.45) is 1.05. The van der Waals surface area contributed by atoms with Crippen molar-refractivity contribution >= 4 is 37.2 Å². The van der Waals surface area contributed by atoms with Crippen molar-refractivity contribution in [1.29, 1.82) is 0 Å². The minimum absolute atomic E-state index is 0.202. The quantitative estimate of drug-likeness (QED) is 0.391. The van der Waals surface area contributed by atoms with Gasteiger partial charge >= 0.3 is 11.9 Å². The normalized spacial score (nSPS) is 11.5. The highest BCUT2D eigenvalue weighted by Crippen LogP contribution is 2.33. The summed E-state index contributed by atoms with van der Waals surface area (Å²) in [5.74, 6) is 0.0227. The summed E-state index contributed by atoms with van der Waals surface area (Å²) in [7, 11) is 0. The van der Waals surface area contributed by atoms with Crippen LogP contribution in [0.15, 0.2) is 0 Å². The van der Waals surface area contributed by atoms with Crippen LogP contribution < -0.4 is 0 Å². The highest BCUT2D eigenvalue weighted by atomic mass is 32.1. The molecule has 0 amide bonds. The maximum atomic E-state index is 11.6. The van der Waals surface area contributed by atoms with Crippen LogP contribution in [0, 0.1) is 5.41 Å². The first kappa shape index (κ1) is 18.6. The lowest BCUT2D eigenvalue weighted by Crippen LogP contribution is -2.39. The molecule has 4 nitrogen and oxygen atoms in total. The second-order valence-electron chi connectivity index (χ2n) is 4.62. The summed E-state index contributed by atoms with van der Waals surface area (Å²) in [6, 6.07) is 0. The maximum absolute atomic E-state index is 11.6. The average molecular weight is 308 g/mol. The molecule has 0 heterocycles. The molecule has 0 aliphatic heterocycles. The molecule has 0 saturated carbocycles. The summed E-state index contributed by atoms with van der Waals surface area (Å²) in [5, 5.41) is 0. The number of carbonyl (C=O) groups excluding carboxylic acids is 2. The van der Waals surface area contributed by atoms with Gasteiger partial charge in [-0.15, -0.1) is 0 Å². The van der Waals surface area contributed by atoms with E-state index >= 15 is 0 Å². The largest absolute Gasteiger partial charge is 0.425 e. The number of carbonyl (C=O) groups is 2. The van der Waals surface area contributed by atoms with Crippen LogP contribution in [0.4, 0.5) is 0 Å². The topological polar surface area (TPSA) is 52.6 Å². The van der Waals surface area contributed by atoms with Gasteiger partial charge in [0, 0.05) is 16.9 Å². The molecule has 0 N–H and O–H groups in total. The number of hydrogen-bond donors (Lipinski definition) is 2. The van der Waals surface area contributed by atoms with Crippen molar-refractivity contribution in [2.75, 3.05) is 11.5 Å². The summed E-state index contributed by atoms with van der Waals surface area (Å²) < 4.78 is 10.6. The van der Waals surface area contributed by atoms with E-state index in [1.54, 1.807) is 0 Å². The van der Waals surface area contributed by atoms with Crippen LogP contribution in [0.3, 0.4) is 0 Å². The second-order valence-corrected chi connectivity index (χ2v) is 5.51. The first-order valence-electron chi connectivity index (χ1n) is 6.54. The highest BCUT2D eigenvalue weighted by molar-refractivity contribution is 7.80. The molecule has 0 aromatic heterocycles. The number of rotatable bonds is 9. The van der Waals surface area contributed by atoms with Crippen LogP contribution in [0.25, 0.3) is 0 Å². The molecule has 6 heteroatoms. The van der Waals surface area contributed by atoms with Crippen molar-refractivity contribution in [3.63, 3.8) is 0 Å². The number of hydrogen-bond acceptors (Lipinski definition) is 6. The van der Waals surface area contributed by atoms with Crippen LogP contribution in [0.5, 0.6) is 0 Å². The Bertz CT molecular complexity index is 270. The fourth-order valence-electron chi connectivity index (χ4n) is 1.43. The molecule has 0 aromatic rings. The molecule has 0 aliphatic rings. The van der Waals surface area contributed by atoms with Gasteiger partial charge in [0.1, 0.15) is 0 Å². The van der Waals surface area contributed by atoms with E-state index in [2.05, 4.69) is 25.3 Å². The highest BCUT2D eigenvalue weighted by Gasteiger charge is 2.37. The number of thiol groups is 2. The van der Waals surface area contributed by atoms with Gasteiger partial charge in [-0.05, 0) is 12.8 Å². The van der Waals surface area contributed by atoms with Crippen molar-refractivity contribution in [3.05, 3.63) is 0 Å². The van der Waals surface area contributed by atoms with Crippen molar-refractivity contribution < 1.29 is 19.1 Å². The standard InChI is InChI=1S/C13H24O4S2/c1-4-13(3,5-2)12(16-10(14)6-8-18)17-11(15)7-9-19/h12,18-19H,4-9H2,1-3H3. The molecule has 0 atom stereocenters. The first-order valence-corrected chi connectivity index (χ1v) is 7.80. The van der Waals surface area contributed by atoms with E-state index < -0.39 is 18.2 Å². The lowest BCUT2D eigenvalue weighted by atomic mass is 9.84. The van der Waals surface area contributed by atoms with Crippen LogP contribution >= 0.6 is 25.3 Å². The van der Waals surface area contributed by atoms with Gasteiger partial charge in [0.15, 0.2) is 0 Å². The molecule has 0 saturated heterocycles. The average Bonchev–Trinajstić information content (AvgIpc) is 2.37. The molecule has 0 bridgehead atoms. The number of esters is 2. The Morgan fingerprint density at radius 3 is 1.63 bits per heavy atom. The van der Waals surface area contributed by atoms with E-state index in [0.29, 0.717) is 11.5 Å². The van der Waals surface area contributed by atoms with Crippen LogP contribution in [0.1, 0.15) is 46.5 Å². The third kappa shape index (κ3) is 6.56. The Kier molecular flexibility index (Phi) is 9.35. The molecule has 0 unspecified atom stereocenters. The molecule has 0 rings (SSSR count). The van der Waals surface area contributed by atoms with Gasteiger partial charge in [-0.25, -0.2) is 0 Å². The molecular formula is C13H24O4S2. The third-order valence-corrected chi connectivity index (χ3v) is 3.74. The van der Waals surface area contributed by atoms with Crippen LogP contribution in [-0.2, 0) is 19.1 Å². The monoisotopic (exact) mass is 308 g/mol. The van der Waals surface area contributed by atoms with Gasteiger partial charge < -0.3 is 9.47 Å². The van der Waals surface area contributed by atoms with Gasteiger partial charge in [-0.2, -0.15) is 25.3 Å². The zero-order valence-corrected chi connectivity index (χ0v) is 13.6. The Balaban J connectivity index is 4.81. The smallest absolute Gasteiger partial charge is 0.309 e. The fraction of sp³-hybridized carbons (Fsp3) is 0.846. The summed E-state index contributed by atoms with van der Waals surface area (Å²) in [6.45, 7) is 5.91. The van der Waals surface area contributed by atoms with Gasteiger partial charge in [-0.3, -0.25) is 9.59 Å². The van der Waals surface area contributed by atoms with Crippen LogP contribution in [-0.4, -0.2) is 29.7 Å². The SMILES string of the molecule is CCC(C)(CC)C(OC(=O)CCS)OC(=O)CCS. The fourth-order valence-corrected chi connectivity index (χ4v) is 1.80. The molecular weight excluding hydrogens is 284 g/mol. The zero-order valence-electron chi connectivity index (χ0n) is 11.8. The predicted molar refractivity (Wildman–Crippen MR) is 81.6 cm³/mol. The van der Waals surface area contributed by atoms with E-state index in [-0.39, 0.29) is 18.3 Å². The molecule has 0 spiro atoms. The number of ether oxygens (including phenoxy) is 2. The molecule has 19 heavy (non-hydrogen) atoms. The molecule has 0 aliphatic carbocycles. The minimum atomic E-state index is -0.845. The summed E-state index contributed by atoms with van der Waals surface area (Å²) >= 11 is 7.97. The maximum Gasteiger partial charge on any atom is 0.309 e. The van der Waals surface area contributed by atoms with E-state index in [1.807, 2.05) is 20.8 Å². The Morgan fingerprint density at radius 1 is 1.00 bits per heavy atom. The van der Waals surface area contributed by atoms with E-state index in [4.69, 9.17) is 9.47 Å². The van der Waals surface area contributed by atoms with Crippen molar-refractivity contribution in [3.8, 4) is 0 Å². The Morgan fingerprint density at radius 2 is 1.37 bits per heavy atom. The first-order chi connectivity index (χ1) is 8.93. The minimum Gasteiger partial charge on any atom is -0.425 e. The predicted octanol–water partition coefficient (Wildman–Crippen LogP) is 2.87.